The van der Waals surface area contributed by atoms with Crippen molar-refractivity contribution in [3.8, 4) is 22.6 Å². The van der Waals surface area contributed by atoms with E-state index in [0.29, 0.717) is 54.9 Å². The molecule has 0 unspecified atom stereocenters. The van der Waals surface area contributed by atoms with Gasteiger partial charge in [-0.3, -0.25) is 9.59 Å². The van der Waals surface area contributed by atoms with Gasteiger partial charge in [-0.25, -0.2) is 4.98 Å². The molecule has 3 heterocycles. The number of aryl methyl sites for hydroxylation is 1. The molecule has 9 nitrogen and oxygen atoms in total. The van der Waals surface area contributed by atoms with Gasteiger partial charge in [-0.2, -0.15) is 13.2 Å². The number of aliphatic hydroxyl groups excluding tert-OH is 1. The highest BCUT2D eigenvalue weighted by molar-refractivity contribution is 6.03. The number of carbonyl (C=O) groups is 2. The summed E-state index contributed by atoms with van der Waals surface area (Å²) in [6.07, 6.45) is -3.22. The van der Waals surface area contributed by atoms with E-state index in [-0.39, 0.29) is 28.5 Å². The number of pyridine rings is 1. The van der Waals surface area contributed by atoms with Crippen LogP contribution < -0.4 is 14.8 Å². The second-order valence-electron chi connectivity index (χ2n) is 8.95. The summed E-state index contributed by atoms with van der Waals surface area (Å²) in [5, 5.41) is 12.1. The predicted molar refractivity (Wildman–Crippen MR) is 133 cm³/mol. The number of H-pyrrole nitrogens is 1. The zero-order valence-electron chi connectivity index (χ0n) is 21.0. The van der Waals surface area contributed by atoms with E-state index in [1.807, 2.05) is 19.1 Å². The standard InChI is InChI=1S/C26H29F3N4O5/c1-3-19-17(16-6-4-5-7-20(16)37-2)12-18-23(38-14-26(27,28)29)22(32-24(18)31-19)25(36)30-15-8-10-33(11-9-15)21(35)13-34/h4-7,12,15,34H,3,8-11,13-14H2,1-2H3,(H,30,36)(H,31,32). The molecule has 0 bridgehead atoms. The third-order valence-electron chi connectivity index (χ3n) is 6.47. The van der Waals surface area contributed by atoms with Crippen LogP contribution in [0.25, 0.3) is 22.2 Å². The Morgan fingerprint density at radius 3 is 2.55 bits per heavy atom. The number of piperidine rings is 1. The fraction of sp³-hybridized carbons (Fsp3) is 0.423. The average Bonchev–Trinajstić information content (AvgIpc) is 3.28. The number of hydrogen-bond acceptors (Lipinski definition) is 6. The van der Waals surface area contributed by atoms with Crippen molar-refractivity contribution < 1.29 is 37.3 Å². The fourth-order valence-electron chi connectivity index (χ4n) is 4.59. The van der Waals surface area contributed by atoms with Crippen LogP contribution in [0.4, 0.5) is 13.2 Å². The van der Waals surface area contributed by atoms with Crippen LogP contribution in [-0.2, 0) is 11.2 Å². The number of aromatic nitrogens is 2. The number of likely N-dealkylation sites (tertiary alicyclic amines) is 1. The lowest BCUT2D eigenvalue weighted by atomic mass is 10.00. The molecular formula is C26H29F3N4O5. The van der Waals surface area contributed by atoms with Gasteiger partial charge < -0.3 is 29.8 Å². The lowest BCUT2D eigenvalue weighted by Gasteiger charge is -2.32. The predicted octanol–water partition coefficient (Wildman–Crippen LogP) is 3.46. The number of ether oxygens (including phenoxy) is 2. The Hall–Kier alpha value is -3.80. The van der Waals surface area contributed by atoms with Gasteiger partial charge in [-0.15, -0.1) is 0 Å². The van der Waals surface area contributed by atoms with Crippen molar-refractivity contribution in [3.05, 3.63) is 41.7 Å². The number of methoxy groups -OCH3 is 1. The van der Waals surface area contributed by atoms with Gasteiger partial charge in [-0.1, -0.05) is 25.1 Å². The summed E-state index contributed by atoms with van der Waals surface area (Å²) in [5.74, 6) is -0.699. The number of nitrogens with zero attached hydrogens (tertiary/aromatic N) is 2. The number of benzene rings is 1. The van der Waals surface area contributed by atoms with Gasteiger partial charge in [0.1, 0.15) is 23.7 Å². The molecule has 1 fully saturated rings. The highest BCUT2D eigenvalue weighted by atomic mass is 19.4. The number of aromatic amines is 1. The van der Waals surface area contributed by atoms with Gasteiger partial charge in [0, 0.05) is 30.3 Å². The molecule has 204 valence electrons. The molecule has 0 spiro atoms. The van der Waals surface area contributed by atoms with E-state index in [9.17, 15) is 22.8 Å². The number of nitrogens with one attached hydrogen (secondary N) is 2. The minimum atomic E-state index is -4.62. The highest BCUT2D eigenvalue weighted by Crippen LogP contribution is 2.38. The number of alkyl halides is 3. The number of halogens is 3. The molecule has 1 aliphatic rings. The van der Waals surface area contributed by atoms with Gasteiger partial charge >= 0.3 is 6.18 Å². The molecule has 38 heavy (non-hydrogen) atoms. The lowest BCUT2D eigenvalue weighted by Crippen LogP contribution is -2.47. The zero-order valence-corrected chi connectivity index (χ0v) is 21.0. The van der Waals surface area contributed by atoms with Gasteiger partial charge in [0.25, 0.3) is 5.91 Å². The number of carbonyl (C=O) groups excluding carboxylic acids is 2. The minimum absolute atomic E-state index is 0.162. The quantitative estimate of drug-likeness (QED) is 0.408. The number of aliphatic hydroxyl groups is 1. The molecule has 1 aromatic carbocycles. The van der Waals surface area contributed by atoms with Crippen LogP contribution in [0.3, 0.4) is 0 Å². The Kier molecular flexibility index (Phi) is 8.10. The first-order valence-electron chi connectivity index (χ1n) is 12.2. The molecule has 0 aliphatic carbocycles. The third-order valence-corrected chi connectivity index (χ3v) is 6.47. The number of fused-ring (bicyclic) bond motifs is 1. The van der Waals surface area contributed by atoms with Crippen LogP contribution in [0.15, 0.2) is 30.3 Å². The fourth-order valence-corrected chi connectivity index (χ4v) is 4.59. The minimum Gasteiger partial charge on any atom is -0.496 e. The second kappa shape index (κ2) is 11.3. The summed E-state index contributed by atoms with van der Waals surface area (Å²) in [6, 6.07) is 8.58. The maximum absolute atomic E-state index is 13.2. The normalized spacial score (nSPS) is 14.5. The van der Waals surface area contributed by atoms with Gasteiger partial charge in [0.05, 0.1) is 18.2 Å². The van der Waals surface area contributed by atoms with Crippen molar-refractivity contribution in [2.24, 2.45) is 0 Å². The van der Waals surface area contributed by atoms with E-state index >= 15 is 0 Å². The lowest BCUT2D eigenvalue weighted by molar-refractivity contribution is -0.153. The molecule has 4 rings (SSSR count). The van der Waals surface area contributed by atoms with E-state index in [1.54, 1.807) is 18.2 Å². The SMILES string of the molecule is CCc1nc2[nH]c(C(=O)NC3CCN(C(=O)CO)CC3)c(OCC(F)(F)F)c2cc1-c1ccccc1OC. The summed E-state index contributed by atoms with van der Waals surface area (Å²) < 4.78 is 50.0. The van der Waals surface area contributed by atoms with Crippen LogP contribution in [0.1, 0.15) is 35.9 Å². The summed E-state index contributed by atoms with van der Waals surface area (Å²) in [6.45, 7) is 0.423. The van der Waals surface area contributed by atoms with E-state index in [2.05, 4.69) is 15.3 Å². The van der Waals surface area contributed by atoms with Crippen molar-refractivity contribution >= 4 is 22.8 Å². The van der Waals surface area contributed by atoms with Crippen molar-refractivity contribution in [3.63, 3.8) is 0 Å². The smallest absolute Gasteiger partial charge is 0.422 e. The highest BCUT2D eigenvalue weighted by Gasteiger charge is 2.32. The number of amides is 2. The molecule has 2 aromatic heterocycles. The summed E-state index contributed by atoms with van der Waals surface area (Å²) in [7, 11) is 1.53. The van der Waals surface area contributed by atoms with E-state index < -0.39 is 31.2 Å². The number of hydrogen-bond donors (Lipinski definition) is 3. The maximum Gasteiger partial charge on any atom is 0.422 e. The third kappa shape index (κ3) is 5.85. The van der Waals surface area contributed by atoms with Crippen molar-refractivity contribution in [2.75, 3.05) is 33.4 Å². The Bertz CT molecular complexity index is 1320. The number of rotatable bonds is 8. The maximum atomic E-state index is 13.2. The molecule has 0 saturated carbocycles. The van der Waals surface area contributed by atoms with Crippen molar-refractivity contribution in [1.29, 1.82) is 0 Å². The van der Waals surface area contributed by atoms with Crippen LogP contribution in [0, 0.1) is 0 Å². The molecule has 3 aromatic rings. The van der Waals surface area contributed by atoms with E-state index in [1.165, 1.54) is 12.0 Å². The largest absolute Gasteiger partial charge is 0.496 e. The summed E-state index contributed by atoms with van der Waals surface area (Å²) in [4.78, 5) is 33.9. The Morgan fingerprint density at radius 1 is 1.21 bits per heavy atom. The molecule has 1 aliphatic heterocycles. The van der Waals surface area contributed by atoms with E-state index in [4.69, 9.17) is 14.6 Å². The second-order valence-corrected chi connectivity index (χ2v) is 8.95. The van der Waals surface area contributed by atoms with Crippen molar-refractivity contribution in [1.82, 2.24) is 20.2 Å². The van der Waals surface area contributed by atoms with Gasteiger partial charge in [-0.05, 0) is 31.4 Å². The topological polar surface area (TPSA) is 117 Å². The molecule has 0 atom stereocenters. The Balaban J connectivity index is 1.71. The molecule has 2 amide bonds. The van der Waals surface area contributed by atoms with Crippen LogP contribution >= 0.6 is 0 Å². The van der Waals surface area contributed by atoms with Crippen LogP contribution in [0.5, 0.6) is 11.5 Å². The molecular weight excluding hydrogens is 505 g/mol. The van der Waals surface area contributed by atoms with Crippen molar-refractivity contribution in [2.45, 2.75) is 38.4 Å². The summed E-state index contributed by atoms with van der Waals surface area (Å²) in [5.41, 5.74) is 2.09. The average molecular weight is 535 g/mol. The first-order valence-corrected chi connectivity index (χ1v) is 12.2. The molecule has 12 heteroatoms. The van der Waals surface area contributed by atoms with Gasteiger partial charge in [0.15, 0.2) is 12.4 Å². The first kappa shape index (κ1) is 27.2. The summed E-state index contributed by atoms with van der Waals surface area (Å²) >= 11 is 0. The molecule has 3 N–H and O–H groups in total. The number of para-hydroxylation sites is 1. The van der Waals surface area contributed by atoms with Gasteiger partial charge in [0.2, 0.25) is 5.91 Å². The zero-order chi connectivity index (χ0) is 27.4. The molecule has 0 radical (unpaired) electrons. The Morgan fingerprint density at radius 2 is 1.92 bits per heavy atom. The molecule has 1 saturated heterocycles. The van der Waals surface area contributed by atoms with E-state index in [0.717, 1.165) is 0 Å². The monoisotopic (exact) mass is 534 g/mol. The van der Waals surface area contributed by atoms with Crippen LogP contribution in [0.2, 0.25) is 0 Å². The van der Waals surface area contributed by atoms with Crippen LogP contribution in [-0.4, -0.2) is 77.4 Å². The Labute approximate surface area is 216 Å². The first-order chi connectivity index (χ1) is 18.1.